The molecule has 2 aromatic carbocycles. The quantitative estimate of drug-likeness (QED) is 0.351. The lowest BCUT2D eigenvalue weighted by Gasteiger charge is -2.08. The molecule has 0 atom stereocenters. The number of furan rings is 1. The highest BCUT2D eigenvalue weighted by Crippen LogP contribution is 2.30. The van der Waals surface area contributed by atoms with E-state index in [1.54, 1.807) is 28.8 Å². The second kappa shape index (κ2) is 8.22. The Morgan fingerprint density at radius 2 is 1.88 bits per heavy atom. The number of nitrogens with one attached hydrogen (secondary N) is 1. The fourth-order valence-electron chi connectivity index (χ4n) is 3.30. The van der Waals surface area contributed by atoms with Crippen LogP contribution in [-0.4, -0.2) is 25.7 Å². The number of halogens is 1. The van der Waals surface area contributed by atoms with Crippen molar-refractivity contribution in [2.75, 3.05) is 5.32 Å². The van der Waals surface area contributed by atoms with Gasteiger partial charge in [-0.05, 0) is 55.0 Å². The second-order valence-corrected chi connectivity index (χ2v) is 8.62. The average molecular weight is 464 g/mol. The van der Waals surface area contributed by atoms with E-state index in [4.69, 9.17) is 16.0 Å². The van der Waals surface area contributed by atoms with E-state index in [1.807, 2.05) is 44.2 Å². The van der Waals surface area contributed by atoms with Crippen LogP contribution in [0.25, 0.3) is 26.9 Å². The first-order chi connectivity index (χ1) is 15.5. The Labute approximate surface area is 192 Å². The van der Waals surface area contributed by atoms with Gasteiger partial charge in [0, 0.05) is 28.3 Å². The first-order valence-electron chi connectivity index (χ1n) is 10.0. The third-order valence-corrected chi connectivity index (χ3v) is 6.26. The number of fused-ring (bicyclic) bond motifs is 1. The van der Waals surface area contributed by atoms with Gasteiger partial charge >= 0.3 is 0 Å². The van der Waals surface area contributed by atoms with Crippen molar-refractivity contribution in [1.29, 1.82) is 0 Å². The molecule has 3 heterocycles. The zero-order chi connectivity index (χ0) is 22.2. The lowest BCUT2D eigenvalue weighted by Crippen LogP contribution is -2.11. The third kappa shape index (κ3) is 3.79. The largest absolute Gasteiger partial charge is 0.451 e. The number of aromatic nitrogens is 4. The highest BCUT2D eigenvalue weighted by Gasteiger charge is 2.16. The molecule has 5 rings (SSSR count). The summed E-state index contributed by atoms with van der Waals surface area (Å²) in [4.78, 5) is 13.6. The van der Waals surface area contributed by atoms with Gasteiger partial charge in [0.1, 0.15) is 10.8 Å². The SMILES string of the molecule is CCc1nnc2sc(-c3ccc(C)c(NC(=O)c4ccc(-c5ccc(Cl)cc5)o4)c3)nn12. The topological polar surface area (TPSA) is 85.3 Å². The molecule has 0 spiro atoms. The summed E-state index contributed by atoms with van der Waals surface area (Å²) in [5, 5.41) is 17.3. The summed E-state index contributed by atoms with van der Waals surface area (Å²) in [6, 6.07) is 16.5. The van der Waals surface area contributed by atoms with Crippen molar-refractivity contribution >= 4 is 39.5 Å². The van der Waals surface area contributed by atoms with E-state index < -0.39 is 0 Å². The highest BCUT2D eigenvalue weighted by molar-refractivity contribution is 7.19. The molecule has 0 unspecified atom stereocenters. The van der Waals surface area contributed by atoms with Crippen LogP contribution < -0.4 is 5.32 Å². The van der Waals surface area contributed by atoms with Crippen LogP contribution >= 0.6 is 22.9 Å². The fraction of sp³-hybridized carbons (Fsp3) is 0.130. The Morgan fingerprint density at radius 1 is 1.09 bits per heavy atom. The minimum Gasteiger partial charge on any atom is -0.451 e. The Morgan fingerprint density at radius 3 is 2.66 bits per heavy atom. The van der Waals surface area contributed by atoms with E-state index in [2.05, 4.69) is 20.6 Å². The summed E-state index contributed by atoms with van der Waals surface area (Å²) in [5.41, 5.74) is 3.37. The van der Waals surface area contributed by atoms with Crippen molar-refractivity contribution in [2.24, 2.45) is 0 Å². The minimum atomic E-state index is -0.322. The van der Waals surface area contributed by atoms with Gasteiger partial charge in [0.2, 0.25) is 4.96 Å². The maximum atomic E-state index is 12.8. The second-order valence-electron chi connectivity index (χ2n) is 7.23. The normalized spacial score (nSPS) is 11.2. The number of nitrogens with zero attached hydrogens (tertiary/aromatic N) is 4. The van der Waals surface area contributed by atoms with Crippen LogP contribution in [0.3, 0.4) is 0 Å². The van der Waals surface area contributed by atoms with Crippen LogP contribution in [0.4, 0.5) is 5.69 Å². The predicted octanol–water partition coefficient (Wildman–Crippen LogP) is 5.89. The molecular formula is C23H18ClN5O2S. The van der Waals surface area contributed by atoms with Gasteiger partial charge in [-0.15, -0.1) is 10.2 Å². The van der Waals surface area contributed by atoms with Crippen molar-refractivity contribution in [1.82, 2.24) is 19.8 Å². The van der Waals surface area contributed by atoms with Crippen molar-refractivity contribution in [3.8, 4) is 21.9 Å². The lowest BCUT2D eigenvalue weighted by molar-refractivity contribution is 0.0997. The summed E-state index contributed by atoms with van der Waals surface area (Å²) < 4.78 is 7.53. The molecular weight excluding hydrogens is 446 g/mol. The molecule has 0 radical (unpaired) electrons. The molecule has 0 fully saturated rings. The third-order valence-electron chi connectivity index (χ3n) is 5.06. The van der Waals surface area contributed by atoms with Gasteiger partial charge in [-0.25, -0.2) is 0 Å². The Kier molecular flexibility index (Phi) is 5.24. The zero-order valence-corrected chi connectivity index (χ0v) is 18.9. The van der Waals surface area contributed by atoms with Gasteiger partial charge in [-0.3, -0.25) is 4.79 Å². The summed E-state index contributed by atoms with van der Waals surface area (Å²) in [7, 11) is 0. The van der Waals surface area contributed by atoms with Gasteiger partial charge in [-0.2, -0.15) is 9.61 Å². The molecule has 160 valence electrons. The molecule has 0 aliphatic carbocycles. The first kappa shape index (κ1) is 20.4. The van der Waals surface area contributed by atoms with Crippen LogP contribution in [0.5, 0.6) is 0 Å². The molecule has 7 nitrogen and oxygen atoms in total. The molecule has 1 N–H and O–H groups in total. The lowest BCUT2D eigenvalue weighted by atomic mass is 10.1. The van der Waals surface area contributed by atoms with E-state index in [1.165, 1.54) is 11.3 Å². The number of hydrogen-bond donors (Lipinski definition) is 1. The zero-order valence-electron chi connectivity index (χ0n) is 17.3. The Hall–Kier alpha value is -3.49. The molecule has 32 heavy (non-hydrogen) atoms. The summed E-state index contributed by atoms with van der Waals surface area (Å²) >= 11 is 7.40. The fourth-order valence-corrected chi connectivity index (χ4v) is 4.28. The van der Waals surface area contributed by atoms with E-state index in [0.717, 1.165) is 38.9 Å². The number of anilines is 1. The molecule has 5 aromatic rings. The van der Waals surface area contributed by atoms with E-state index in [0.29, 0.717) is 16.5 Å². The van der Waals surface area contributed by atoms with Crippen LogP contribution in [0.15, 0.2) is 59.0 Å². The summed E-state index contributed by atoms with van der Waals surface area (Å²) in [6.45, 7) is 3.95. The number of carbonyl (C=O) groups excluding carboxylic acids is 1. The summed E-state index contributed by atoms with van der Waals surface area (Å²) in [6.07, 6.45) is 0.751. The van der Waals surface area contributed by atoms with E-state index in [9.17, 15) is 4.79 Å². The van der Waals surface area contributed by atoms with Crippen molar-refractivity contribution < 1.29 is 9.21 Å². The number of carbonyl (C=O) groups is 1. The van der Waals surface area contributed by atoms with Crippen molar-refractivity contribution in [3.63, 3.8) is 0 Å². The van der Waals surface area contributed by atoms with Crippen LogP contribution in [0.1, 0.15) is 28.9 Å². The van der Waals surface area contributed by atoms with Crippen LogP contribution in [-0.2, 0) is 6.42 Å². The molecule has 0 saturated carbocycles. The van der Waals surface area contributed by atoms with E-state index >= 15 is 0 Å². The Bertz CT molecular complexity index is 1430. The number of aryl methyl sites for hydroxylation is 2. The molecule has 3 aromatic heterocycles. The van der Waals surface area contributed by atoms with Crippen LogP contribution in [0, 0.1) is 6.92 Å². The summed E-state index contributed by atoms with van der Waals surface area (Å²) in [5.74, 6) is 1.32. The minimum absolute atomic E-state index is 0.228. The molecule has 0 bridgehead atoms. The van der Waals surface area contributed by atoms with E-state index in [-0.39, 0.29) is 11.7 Å². The number of benzene rings is 2. The maximum absolute atomic E-state index is 12.8. The number of rotatable bonds is 5. The van der Waals surface area contributed by atoms with Gasteiger partial charge in [0.15, 0.2) is 11.6 Å². The van der Waals surface area contributed by atoms with Crippen molar-refractivity contribution in [2.45, 2.75) is 20.3 Å². The van der Waals surface area contributed by atoms with Crippen LogP contribution in [0.2, 0.25) is 5.02 Å². The molecule has 0 aliphatic rings. The maximum Gasteiger partial charge on any atom is 0.291 e. The molecule has 0 saturated heterocycles. The van der Waals surface area contributed by atoms with Gasteiger partial charge in [0.25, 0.3) is 5.91 Å². The number of amides is 1. The Balaban J connectivity index is 1.40. The monoisotopic (exact) mass is 463 g/mol. The van der Waals surface area contributed by atoms with Gasteiger partial charge < -0.3 is 9.73 Å². The van der Waals surface area contributed by atoms with Gasteiger partial charge in [0.05, 0.1) is 0 Å². The highest BCUT2D eigenvalue weighted by atomic mass is 35.5. The molecule has 1 amide bonds. The molecule has 9 heteroatoms. The predicted molar refractivity (Wildman–Crippen MR) is 125 cm³/mol. The first-order valence-corrected chi connectivity index (χ1v) is 11.2. The molecule has 0 aliphatic heterocycles. The standard InChI is InChI=1S/C23H18ClN5O2S/c1-3-20-26-27-23-29(20)28-22(32-23)15-5-4-13(2)17(12-15)25-21(30)19-11-10-18(31-19)14-6-8-16(24)9-7-14/h4-12H,3H2,1-2H3,(H,25,30). The number of hydrogen-bond acceptors (Lipinski definition) is 6. The smallest absolute Gasteiger partial charge is 0.291 e. The van der Waals surface area contributed by atoms with Gasteiger partial charge in [-0.1, -0.05) is 42.0 Å². The average Bonchev–Trinajstić information content (AvgIpc) is 3.51. The van der Waals surface area contributed by atoms with Crippen molar-refractivity contribution in [3.05, 3.63) is 76.8 Å².